The fraction of sp³-hybridized carbons (Fsp3) is 1.00. The minimum absolute atomic E-state index is 0.333. The molecule has 0 rings (SSSR count). The summed E-state index contributed by atoms with van der Waals surface area (Å²) in [4.78, 5) is 0. The van der Waals surface area contributed by atoms with Crippen LogP contribution in [0.3, 0.4) is 0 Å². The minimum atomic E-state index is -2.69. The summed E-state index contributed by atoms with van der Waals surface area (Å²) in [6.45, 7) is 7.48. The monoisotopic (exact) mass is 224 g/mol. The van der Waals surface area contributed by atoms with Crippen LogP contribution in [0.4, 0.5) is 8.22 Å². The molecule has 0 aliphatic rings. The Labute approximate surface area is 83.1 Å². The highest BCUT2D eigenvalue weighted by Crippen LogP contribution is 2.32. The highest BCUT2D eigenvalue weighted by atomic mass is 28.4. The van der Waals surface area contributed by atoms with Crippen molar-refractivity contribution in [3.8, 4) is 0 Å². The summed E-state index contributed by atoms with van der Waals surface area (Å²) in [7, 11) is -5.38. The third-order valence-corrected chi connectivity index (χ3v) is 13.3. The van der Waals surface area contributed by atoms with Crippen molar-refractivity contribution in [3.05, 3.63) is 0 Å². The van der Waals surface area contributed by atoms with E-state index in [2.05, 4.69) is 0 Å². The number of rotatable bonds is 6. The molecule has 0 unspecified atom stereocenters. The van der Waals surface area contributed by atoms with Crippen LogP contribution in [0.25, 0.3) is 0 Å². The molecule has 0 N–H and O–H groups in total. The molecule has 0 amide bonds. The smallest absolute Gasteiger partial charge is 0.246 e. The molecule has 0 aliphatic carbocycles. The van der Waals surface area contributed by atoms with Gasteiger partial charge in [-0.25, -0.2) is 0 Å². The lowest BCUT2D eigenvalue weighted by Gasteiger charge is -2.27. The van der Waals surface area contributed by atoms with Gasteiger partial charge in [0.15, 0.2) is 0 Å². The van der Waals surface area contributed by atoms with Gasteiger partial charge in [0.2, 0.25) is 16.8 Å². The van der Waals surface area contributed by atoms with Gasteiger partial charge in [-0.3, -0.25) is 0 Å². The van der Waals surface area contributed by atoms with Crippen molar-refractivity contribution in [2.45, 2.75) is 57.5 Å². The second kappa shape index (κ2) is 5.24. The number of hydrogen-bond acceptors (Lipinski definition) is 0. The lowest BCUT2D eigenvalue weighted by atomic mass is 10.9. The van der Waals surface area contributed by atoms with Gasteiger partial charge in [-0.1, -0.05) is 27.7 Å². The molecule has 0 aliphatic heterocycles. The third kappa shape index (κ3) is 3.89. The normalized spacial score (nSPS) is 13.4. The number of hydrogen-bond donors (Lipinski definition) is 0. The molecule has 4 heteroatoms. The van der Waals surface area contributed by atoms with Crippen LogP contribution in [0.15, 0.2) is 0 Å². The van der Waals surface area contributed by atoms with Crippen LogP contribution < -0.4 is 0 Å². The maximum atomic E-state index is 14.1. The summed E-state index contributed by atoms with van der Waals surface area (Å²) in [5, 5.41) is 0. The largest absolute Gasteiger partial charge is 0.314 e. The van der Waals surface area contributed by atoms with Crippen molar-refractivity contribution in [2.24, 2.45) is 0 Å². The highest BCUT2D eigenvalue weighted by molar-refractivity contribution is 6.91. The van der Waals surface area contributed by atoms with Gasteiger partial charge in [-0.05, 0) is 29.8 Å². The Morgan fingerprint density at radius 3 is 1.08 bits per heavy atom. The molecule has 0 radical (unpaired) electrons. The van der Waals surface area contributed by atoms with E-state index in [1.807, 2.05) is 27.7 Å². The summed E-state index contributed by atoms with van der Waals surface area (Å²) >= 11 is 0. The Balaban J connectivity index is 4.36. The molecule has 0 atom stereocenters. The average molecular weight is 224 g/mol. The number of halogens is 2. The maximum Gasteiger partial charge on any atom is 0.246 e. The molecule has 0 aromatic rings. The highest BCUT2D eigenvalue weighted by Gasteiger charge is 2.42. The zero-order chi connectivity index (χ0) is 10.5. The van der Waals surface area contributed by atoms with E-state index in [0.717, 1.165) is 0 Å². The lowest BCUT2D eigenvalue weighted by Crippen LogP contribution is -2.40. The fourth-order valence-corrected chi connectivity index (χ4v) is 11.1. The fourth-order valence-electron chi connectivity index (χ4n) is 1.57. The average Bonchev–Trinajstić information content (AvgIpc) is 2.17. The van der Waals surface area contributed by atoms with Crippen molar-refractivity contribution in [1.29, 1.82) is 0 Å². The summed E-state index contributed by atoms with van der Waals surface area (Å²) in [5.41, 5.74) is 0.333. The molecule has 0 bridgehead atoms. The molecule has 0 spiro atoms. The van der Waals surface area contributed by atoms with Gasteiger partial charge in [0.05, 0.1) is 0 Å². The predicted molar refractivity (Wildman–Crippen MR) is 60.5 cm³/mol. The Kier molecular flexibility index (Phi) is 5.36. The van der Waals surface area contributed by atoms with Crippen LogP contribution in [0.1, 0.15) is 27.7 Å². The molecule has 0 heterocycles. The Morgan fingerprint density at radius 1 is 0.692 bits per heavy atom. The standard InChI is InChI=1S/C9H22F2Si2/c1-5-12(10,6-2)9-13(11,7-3)8-4/h5-9H2,1-4H3. The molecule has 0 nitrogen and oxygen atoms in total. The molecule has 0 aromatic heterocycles. The summed E-state index contributed by atoms with van der Waals surface area (Å²) < 4.78 is 28.1. The van der Waals surface area contributed by atoms with Gasteiger partial charge in [0.1, 0.15) is 0 Å². The van der Waals surface area contributed by atoms with E-state index >= 15 is 0 Å². The topological polar surface area (TPSA) is 0 Å². The summed E-state index contributed by atoms with van der Waals surface area (Å²) in [5.74, 6) is 0. The first-order valence-corrected chi connectivity index (χ1v) is 10.3. The quantitative estimate of drug-likeness (QED) is 0.462. The first-order valence-electron chi connectivity index (χ1n) is 5.33. The van der Waals surface area contributed by atoms with Gasteiger partial charge in [0.25, 0.3) is 0 Å². The van der Waals surface area contributed by atoms with E-state index in [1.54, 1.807) is 0 Å². The predicted octanol–water partition coefficient (Wildman–Crippen LogP) is 4.44. The van der Waals surface area contributed by atoms with Gasteiger partial charge < -0.3 is 8.22 Å². The SMILES string of the molecule is CC[Si](F)(CC)C[Si](F)(CC)CC. The van der Waals surface area contributed by atoms with Gasteiger partial charge in [-0.15, -0.1) is 0 Å². The van der Waals surface area contributed by atoms with E-state index < -0.39 is 16.8 Å². The molecule has 0 fully saturated rings. The van der Waals surface area contributed by atoms with E-state index in [1.165, 1.54) is 0 Å². The second-order valence-corrected chi connectivity index (χ2v) is 12.7. The van der Waals surface area contributed by atoms with Gasteiger partial charge in [-0.2, -0.15) is 0 Å². The van der Waals surface area contributed by atoms with E-state index in [-0.39, 0.29) is 0 Å². The van der Waals surface area contributed by atoms with Crippen molar-refractivity contribution >= 4 is 16.8 Å². The Bertz CT molecular complexity index is 127. The molecular weight excluding hydrogens is 202 g/mol. The lowest BCUT2D eigenvalue weighted by molar-refractivity contribution is 0.725. The Hall–Kier alpha value is 0.294. The van der Waals surface area contributed by atoms with Crippen molar-refractivity contribution in [3.63, 3.8) is 0 Å². The van der Waals surface area contributed by atoms with E-state index in [0.29, 0.717) is 29.8 Å². The Morgan fingerprint density at radius 2 is 0.923 bits per heavy atom. The van der Waals surface area contributed by atoms with Crippen LogP contribution in [-0.2, 0) is 0 Å². The molecule has 0 saturated carbocycles. The van der Waals surface area contributed by atoms with E-state index in [4.69, 9.17) is 0 Å². The van der Waals surface area contributed by atoms with E-state index in [9.17, 15) is 8.22 Å². The van der Waals surface area contributed by atoms with Crippen LogP contribution >= 0.6 is 0 Å². The van der Waals surface area contributed by atoms with Crippen LogP contribution in [0.5, 0.6) is 0 Å². The zero-order valence-electron chi connectivity index (χ0n) is 9.29. The first-order chi connectivity index (χ1) is 5.95. The zero-order valence-corrected chi connectivity index (χ0v) is 11.3. The van der Waals surface area contributed by atoms with Crippen molar-refractivity contribution in [2.75, 3.05) is 0 Å². The first kappa shape index (κ1) is 13.3. The molecule has 0 saturated heterocycles. The minimum Gasteiger partial charge on any atom is -0.314 e. The van der Waals surface area contributed by atoms with Crippen LogP contribution in [0.2, 0.25) is 29.8 Å². The molecule has 13 heavy (non-hydrogen) atoms. The second-order valence-electron chi connectivity index (χ2n) is 3.89. The molecule has 0 aromatic carbocycles. The van der Waals surface area contributed by atoms with Crippen LogP contribution in [-0.4, -0.2) is 16.8 Å². The molecule has 80 valence electrons. The van der Waals surface area contributed by atoms with Crippen LogP contribution in [0, 0.1) is 0 Å². The van der Waals surface area contributed by atoms with Crippen molar-refractivity contribution < 1.29 is 8.22 Å². The summed E-state index contributed by atoms with van der Waals surface area (Å²) in [6.07, 6.45) is 0. The third-order valence-electron chi connectivity index (χ3n) is 3.17. The maximum absolute atomic E-state index is 14.1. The summed E-state index contributed by atoms with van der Waals surface area (Å²) in [6, 6.07) is 2.34. The van der Waals surface area contributed by atoms with Gasteiger partial charge >= 0.3 is 0 Å². The van der Waals surface area contributed by atoms with Crippen molar-refractivity contribution in [1.82, 2.24) is 0 Å². The molecular formula is C9H22F2Si2. The van der Waals surface area contributed by atoms with Gasteiger partial charge in [0, 0.05) is 0 Å².